The highest BCUT2D eigenvalue weighted by Gasteiger charge is 2.19. The summed E-state index contributed by atoms with van der Waals surface area (Å²) >= 11 is 7.42. The Bertz CT molecular complexity index is 691. The molecule has 0 bridgehead atoms. The minimum atomic E-state index is 0.504. The molecule has 0 aliphatic carbocycles. The van der Waals surface area contributed by atoms with E-state index in [2.05, 4.69) is 20.9 Å². The molecule has 1 heterocycles. The van der Waals surface area contributed by atoms with Crippen LogP contribution in [0, 0.1) is 11.3 Å². The van der Waals surface area contributed by atoms with Crippen LogP contribution >= 0.6 is 23.4 Å². The van der Waals surface area contributed by atoms with E-state index in [-0.39, 0.29) is 0 Å². The van der Waals surface area contributed by atoms with Gasteiger partial charge in [-0.2, -0.15) is 5.26 Å². The van der Waals surface area contributed by atoms with Crippen LogP contribution in [0.4, 0.5) is 5.82 Å². The number of thioether (sulfide) groups is 1. The lowest BCUT2D eigenvalue weighted by atomic mass is 10.1. The Morgan fingerprint density at radius 1 is 1.18 bits per heavy atom. The van der Waals surface area contributed by atoms with Crippen LogP contribution in [0.3, 0.4) is 0 Å². The van der Waals surface area contributed by atoms with Crippen LogP contribution in [0.25, 0.3) is 11.3 Å². The third kappa shape index (κ3) is 3.34. The van der Waals surface area contributed by atoms with Crippen molar-refractivity contribution < 1.29 is 0 Å². The van der Waals surface area contributed by atoms with Crippen molar-refractivity contribution in [2.45, 2.75) is 19.0 Å². The molecule has 0 saturated carbocycles. The minimum absolute atomic E-state index is 0.504. The summed E-state index contributed by atoms with van der Waals surface area (Å²) in [6, 6.07) is 9.63. The smallest absolute Gasteiger partial charge is 0.189 e. The predicted octanol–water partition coefficient (Wildman–Crippen LogP) is 4.24. The van der Waals surface area contributed by atoms with Crippen molar-refractivity contribution in [3.63, 3.8) is 0 Å². The van der Waals surface area contributed by atoms with Crippen LogP contribution in [0.15, 0.2) is 29.4 Å². The standard InChI is InChI=1S/C16H17ClN4S/c1-4-21(5-2)15-13(10-18)14(19-16(20-15)22-3)11-6-8-12(17)9-7-11/h6-9H,4-5H2,1-3H3. The molecule has 0 aliphatic heterocycles. The first kappa shape index (κ1) is 16.6. The van der Waals surface area contributed by atoms with E-state index in [9.17, 15) is 5.26 Å². The molecule has 0 unspecified atom stereocenters. The SMILES string of the molecule is CCN(CC)c1nc(SC)nc(-c2ccc(Cl)cc2)c1C#N. The monoisotopic (exact) mass is 332 g/mol. The first-order valence-corrected chi connectivity index (χ1v) is 8.61. The number of hydrogen-bond donors (Lipinski definition) is 0. The fourth-order valence-electron chi connectivity index (χ4n) is 2.19. The summed E-state index contributed by atoms with van der Waals surface area (Å²) in [5.41, 5.74) is 2.02. The number of hydrogen-bond acceptors (Lipinski definition) is 5. The summed E-state index contributed by atoms with van der Waals surface area (Å²) < 4.78 is 0. The maximum absolute atomic E-state index is 9.63. The Labute approximate surface area is 140 Å². The van der Waals surface area contributed by atoms with Crippen molar-refractivity contribution in [2.24, 2.45) is 0 Å². The summed E-state index contributed by atoms with van der Waals surface area (Å²) in [5.74, 6) is 0.691. The second-order valence-corrected chi connectivity index (χ2v) is 5.76. The van der Waals surface area contributed by atoms with Crippen LogP contribution in [-0.2, 0) is 0 Å². The molecule has 1 aromatic heterocycles. The fourth-order valence-corrected chi connectivity index (χ4v) is 2.68. The molecular formula is C16H17ClN4S. The lowest BCUT2D eigenvalue weighted by molar-refractivity contribution is 0.817. The highest BCUT2D eigenvalue weighted by atomic mass is 35.5. The zero-order valence-electron chi connectivity index (χ0n) is 12.8. The summed E-state index contributed by atoms with van der Waals surface area (Å²) in [6.07, 6.45) is 1.93. The Morgan fingerprint density at radius 3 is 2.32 bits per heavy atom. The number of nitrogens with zero attached hydrogens (tertiary/aromatic N) is 4. The van der Waals surface area contributed by atoms with E-state index in [0.29, 0.717) is 27.3 Å². The van der Waals surface area contributed by atoms with Crippen LogP contribution in [0.1, 0.15) is 19.4 Å². The maximum Gasteiger partial charge on any atom is 0.189 e. The number of halogens is 1. The Hall–Kier alpha value is -1.77. The molecule has 0 N–H and O–H groups in total. The molecule has 0 fully saturated rings. The molecule has 0 aliphatic rings. The van der Waals surface area contributed by atoms with Gasteiger partial charge < -0.3 is 4.90 Å². The van der Waals surface area contributed by atoms with E-state index in [1.807, 2.05) is 32.2 Å². The number of benzene rings is 1. The molecule has 4 nitrogen and oxygen atoms in total. The van der Waals surface area contributed by atoms with E-state index in [0.717, 1.165) is 18.7 Å². The highest BCUT2D eigenvalue weighted by Crippen LogP contribution is 2.30. The lowest BCUT2D eigenvalue weighted by Gasteiger charge is -2.22. The highest BCUT2D eigenvalue weighted by molar-refractivity contribution is 7.98. The zero-order chi connectivity index (χ0) is 16.1. The largest absolute Gasteiger partial charge is 0.356 e. The summed E-state index contributed by atoms with van der Waals surface area (Å²) in [6.45, 7) is 5.67. The maximum atomic E-state index is 9.63. The first-order chi connectivity index (χ1) is 10.6. The number of nitriles is 1. The molecule has 0 radical (unpaired) electrons. The van der Waals surface area contributed by atoms with E-state index < -0.39 is 0 Å². The average molecular weight is 333 g/mol. The van der Waals surface area contributed by atoms with Gasteiger partial charge >= 0.3 is 0 Å². The second kappa shape index (κ2) is 7.48. The van der Waals surface area contributed by atoms with Gasteiger partial charge in [0.15, 0.2) is 11.0 Å². The molecule has 114 valence electrons. The normalized spacial score (nSPS) is 10.3. The molecular weight excluding hydrogens is 316 g/mol. The van der Waals surface area contributed by atoms with Crippen LogP contribution < -0.4 is 4.90 Å². The van der Waals surface area contributed by atoms with Crippen LogP contribution in [0.2, 0.25) is 5.02 Å². The topological polar surface area (TPSA) is 52.8 Å². The summed E-state index contributed by atoms with van der Waals surface area (Å²) in [7, 11) is 0. The zero-order valence-corrected chi connectivity index (χ0v) is 14.4. The third-order valence-electron chi connectivity index (χ3n) is 3.34. The van der Waals surface area contributed by atoms with Gasteiger partial charge in [0, 0.05) is 23.7 Å². The van der Waals surface area contributed by atoms with Crippen molar-refractivity contribution in [2.75, 3.05) is 24.2 Å². The fraction of sp³-hybridized carbons (Fsp3) is 0.312. The number of anilines is 1. The average Bonchev–Trinajstić information content (AvgIpc) is 2.56. The van der Waals surface area contributed by atoms with Crippen molar-refractivity contribution in [3.8, 4) is 17.3 Å². The predicted molar refractivity (Wildman–Crippen MR) is 92.5 cm³/mol. The van der Waals surface area contributed by atoms with Crippen molar-refractivity contribution in [3.05, 3.63) is 34.9 Å². The van der Waals surface area contributed by atoms with Gasteiger partial charge in [0.05, 0.1) is 5.69 Å². The van der Waals surface area contributed by atoms with Crippen molar-refractivity contribution >= 4 is 29.2 Å². The molecule has 2 aromatic rings. The van der Waals surface area contributed by atoms with Crippen LogP contribution in [-0.4, -0.2) is 29.3 Å². The number of rotatable bonds is 5. The molecule has 0 saturated heterocycles. The Kier molecular flexibility index (Phi) is 5.64. The Morgan fingerprint density at radius 2 is 1.82 bits per heavy atom. The van der Waals surface area contributed by atoms with Crippen LogP contribution in [0.5, 0.6) is 0 Å². The molecule has 2 rings (SSSR count). The third-order valence-corrected chi connectivity index (χ3v) is 4.14. The van der Waals surface area contributed by atoms with Gasteiger partial charge in [0.1, 0.15) is 11.6 Å². The van der Waals surface area contributed by atoms with Gasteiger partial charge in [-0.15, -0.1) is 0 Å². The lowest BCUT2D eigenvalue weighted by Crippen LogP contribution is -2.24. The van der Waals surface area contributed by atoms with Gasteiger partial charge in [-0.3, -0.25) is 0 Å². The van der Waals surface area contributed by atoms with Crippen molar-refractivity contribution in [1.82, 2.24) is 9.97 Å². The van der Waals surface area contributed by atoms with E-state index in [1.54, 1.807) is 12.1 Å². The molecule has 1 aromatic carbocycles. The first-order valence-electron chi connectivity index (χ1n) is 7.01. The van der Waals surface area contributed by atoms with Gasteiger partial charge in [0.2, 0.25) is 0 Å². The molecule has 0 spiro atoms. The Balaban J connectivity index is 2.69. The van der Waals surface area contributed by atoms with Gasteiger partial charge in [0.25, 0.3) is 0 Å². The van der Waals surface area contributed by atoms with Crippen molar-refractivity contribution in [1.29, 1.82) is 5.26 Å². The van der Waals surface area contributed by atoms with Gasteiger partial charge in [-0.05, 0) is 32.2 Å². The van der Waals surface area contributed by atoms with Gasteiger partial charge in [-0.25, -0.2) is 9.97 Å². The summed E-state index contributed by atoms with van der Waals surface area (Å²) in [4.78, 5) is 11.1. The molecule has 0 amide bonds. The van der Waals surface area contributed by atoms with E-state index in [1.165, 1.54) is 11.8 Å². The molecule has 6 heteroatoms. The quantitative estimate of drug-likeness (QED) is 0.605. The van der Waals surface area contributed by atoms with E-state index in [4.69, 9.17) is 11.6 Å². The van der Waals surface area contributed by atoms with Gasteiger partial charge in [-0.1, -0.05) is 35.5 Å². The van der Waals surface area contributed by atoms with E-state index >= 15 is 0 Å². The second-order valence-electron chi connectivity index (χ2n) is 4.55. The number of aromatic nitrogens is 2. The molecule has 0 atom stereocenters. The minimum Gasteiger partial charge on any atom is -0.356 e. The summed E-state index contributed by atoms with van der Waals surface area (Å²) in [5, 5.41) is 10.9. The molecule has 22 heavy (non-hydrogen) atoms.